The molecule has 5 atom stereocenters. The highest BCUT2D eigenvalue weighted by atomic mass is 16.5. The summed E-state index contributed by atoms with van der Waals surface area (Å²) < 4.78 is 7.24. The van der Waals surface area contributed by atoms with Crippen LogP contribution in [0.1, 0.15) is 113 Å². The molecule has 0 amide bonds. The summed E-state index contributed by atoms with van der Waals surface area (Å²) >= 11 is 0. The largest absolute Gasteiger partial charge is 0.456 e. The molecular weight excluding hydrogens is 703 g/mol. The number of hydrogen-bond acceptors (Lipinski definition) is 2. The summed E-state index contributed by atoms with van der Waals surface area (Å²) in [6, 6.07) is 49.1. The summed E-state index contributed by atoms with van der Waals surface area (Å²) in [5, 5.41) is 0. The van der Waals surface area contributed by atoms with Gasteiger partial charge in [0.15, 0.2) is 0 Å². The van der Waals surface area contributed by atoms with Crippen molar-refractivity contribution in [3.05, 3.63) is 161 Å². The van der Waals surface area contributed by atoms with E-state index in [1.54, 1.807) is 0 Å². The smallest absolute Gasteiger partial charge is 0.139 e. The van der Waals surface area contributed by atoms with Crippen LogP contribution in [0.3, 0.4) is 0 Å². The highest BCUT2D eigenvalue weighted by Gasteiger charge is 2.66. The molecule has 6 aliphatic carbocycles. The third-order valence-electron chi connectivity index (χ3n) is 16.6. The van der Waals surface area contributed by atoms with Gasteiger partial charge in [-0.1, -0.05) is 126 Å². The van der Waals surface area contributed by atoms with E-state index in [2.05, 4.69) is 174 Å². The van der Waals surface area contributed by atoms with Crippen LogP contribution in [-0.4, -0.2) is 0 Å². The Hall–Kier alpha value is -5.08. The first kappa shape index (κ1) is 34.9. The Kier molecular flexibility index (Phi) is 7.09. The number of anilines is 3. The van der Waals surface area contributed by atoms with Gasteiger partial charge in [-0.05, 0) is 154 Å². The van der Waals surface area contributed by atoms with Crippen molar-refractivity contribution in [2.45, 2.75) is 102 Å². The maximum atomic E-state index is 7.24. The fourth-order valence-corrected chi connectivity index (χ4v) is 13.8. The van der Waals surface area contributed by atoms with Crippen LogP contribution in [0.25, 0.3) is 22.3 Å². The summed E-state index contributed by atoms with van der Waals surface area (Å²) in [5.41, 5.74) is 17.5. The van der Waals surface area contributed by atoms with E-state index >= 15 is 0 Å². The lowest BCUT2D eigenvalue weighted by Gasteiger charge is -2.49. The van der Waals surface area contributed by atoms with Gasteiger partial charge in [-0.25, -0.2) is 0 Å². The first-order valence-corrected chi connectivity index (χ1v) is 22.2. The maximum Gasteiger partial charge on any atom is 0.139 e. The molecule has 4 bridgehead atoms. The predicted octanol–water partition coefficient (Wildman–Crippen LogP) is 14.9. The molecule has 1 spiro atoms. The second kappa shape index (κ2) is 11.8. The van der Waals surface area contributed by atoms with Crippen molar-refractivity contribution in [2.75, 3.05) is 4.90 Å². The van der Waals surface area contributed by atoms with E-state index in [0.29, 0.717) is 11.8 Å². The molecule has 6 aromatic rings. The molecule has 2 heteroatoms. The second-order valence-corrected chi connectivity index (χ2v) is 20.8. The van der Waals surface area contributed by atoms with Crippen molar-refractivity contribution in [1.29, 1.82) is 0 Å². The highest BCUT2D eigenvalue weighted by molar-refractivity contribution is 5.89. The quantitative estimate of drug-likeness (QED) is 0.178. The number of benzene rings is 6. The molecule has 2 nitrogen and oxygen atoms in total. The Labute approximate surface area is 345 Å². The van der Waals surface area contributed by atoms with E-state index < -0.39 is 0 Å². The van der Waals surface area contributed by atoms with Crippen molar-refractivity contribution >= 4 is 17.1 Å². The Bertz CT molecular complexity index is 2680. The summed E-state index contributed by atoms with van der Waals surface area (Å²) in [4.78, 5) is 2.61. The average Bonchev–Trinajstić information content (AvgIpc) is 3.74. The van der Waals surface area contributed by atoms with Crippen LogP contribution in [0.5, 0.6) is 11.5 Å². The normalized spacial score (nSPS) is 26.7. The summed E-state index contributed by atoms with van der Waals surface area (Å²) in [7, 11) is 0. The molecule has 0 N–H and O–H groups in total. The van der Waals surface area contributed by atoms with Crippen LogP contribution in [0.2, 0.25) is 0 Å². The lowest BCUT2D eigenvalue weighted by molar-refractivity contribution is 0.173. The van der Waals surface area contributed by atoms with E-state index in [4.69, 9.17) is 4.74 Å². The molecule has 290 valence electrons. The summed E-state index contributed by atoms with van der Waals surface area (Å²) in [6.07, 6.45) is 7.77. The van der Waals surface area contributed by atoms with Crippen LogP contribution < -0.4 is 9.64 Å². The predicted molar refractivity (Wildman–Crippen MR) is 239 cm³/mol. The topological polar surface area (TPSA) is 12.5 Å². The Morgan fingerprint density at radius 2 is 1.16 bits per heavy atom. The van der Waals surface area contributed by atoms with Gasteiger partial charge in [0.1, 0.15) is 11.5 Å². The lowest BCUT2D eigenvalue weighted by atomic mass is 9.56. The zero-order chi connectivity index (χ0) is 39.3. The van der Waals surface area contributed by atoms with E-state index in [9.17, 15) is 0 Å². The highest BCUT2D eigenvalue weighted by Crippen LogP contribution is 2.73. The summed E-state index contributed by atoms with van der Waals surface area (Å²) in [6.45, 7) is 14.6. The lowest BCUT2D eigenvalue weighted by Crippen LogP contribution is -2.44. The molecule has 0 radical (unpaired) electrons. The maximum absolute atomic E-state index is 7.24. The van der Waals surface area contributed by atoms with E-state index in [-0.39, 0.29) is 21.7 Å². The van der Waals surface area contributed by atoms with Gasteiger partial charge in [0.2, 0.25) is 0 Å². The zero-order valence-corrected chi connectivity index (χ0v) is 35.0. The van der Waals surface area contributed by atoms with Gasteiger partial charge in [0.05, 0.1) is 0 Å². The first-order valence-electron chi connectivity index (χ1n) is 22.2. The second-order valence-electron chi connectivity index (χ2n) is 20.8. The van der Waals surface area contributed by atoms with E-state index in [1.807, 2.05) is 0 Å². The zero-order valence-electron chi connectivity index (χ0n) is 35.0. The van der Waals surface area contributed by atoms with Crippen LogP contribution in [0.15, 0.2) is 127 Å². The van der Waals surface area contributed by atoms with Crippen molar-refractivity contribution in [3.63, 3.8) is 0 Å². The minimum absolute atomic E-state index is 0.0590. The number of ether oxygens (including phenoxy) is 1. The molecule has 0 saturated heterocycles. The van der Waals surface area contributed by atoms with Gasteiger partial charge >= 0.3 is 0 Å². The molecule has 13 rings (SSSR count). The number of fused-ring (bicyclic) bond motifs is 6. The molecule has 5 unspecified atom stereocenters. The van der Waals surface area contributed by atoms with Crippen molar-refractivity contribution in [2.24, 2.45) is 23.7 Å². The van der Waals surface area contributed by atoms with Crippen LogP contribution in [0.4, 0.5) is 17.1 Å². The molecule has 6 aromatic carbocycles. The van der Waals surface area contributed by atoms with Gasteiger partial charge in [-0.15, -0.1) is 0 Å². The van der Waals surface area contributed by atoms with E-state index in [0.717, 1.165) is 23.3 Å². The number of para-hydroxylation sites is 1. The minimum atomic E-state index is -0.107. The van der Waals surface area contributed by atoms with Crippen LogP contribution in [-0.2, 0) is 21.7 Å². The summed E-state index contributed by atoms with van der Waals surface area (Å²) in [5.74, 6) is 5.05. The number of hydrogen-bond donors (Lipinski definition) is 0. The number of nitrogens with zero attached hydrogens (tertiary/aromatic N) is 1. The fourth-order valence-electron chi connectivity index (χ4n) is 13.8. The van der Waals surface area contributed by atoms with Crippen molar-refractivity contribution < 1.29 is 4.74 Å². The molecule has 58 heavy (non-hydrogen) atoms. The molecular formula is C56H55NO. The molecule has 7 aliphatic rings. The molecule has 4 fully saturated rings. The van der Waals surface area contributed by atoms with Crippen molar-refractivity contribution in [3.8, 4) is 33.8 Å². The third kappa shape index (κ3) is 4.61. The fraction of sp³-hybridized carbons (Fsp3) is 0.357. The van der Waals surface area contributed by atoms with Gasteiger partial charge in [-0.2, -0.15) is 0 Å². The standard InChI is InChI=1S/C56H55NO/c1-53(2)24-25-54(3,4)49-32-39(21-23-45(49)53)57(38-20-22-42-41-16-10-11-17-44(41)55(5,6)48(42)31-38)40-30-43(35-14-8-7-9-15-35)52-50(33-40)56(46-18-12-13-19-51(46)58-52)37-27-34-26-36(29-37)47(56)28-34/h7-23,30-34,36-37,47H,24-29H2,1-6H3. The van der Waals surface area contributed by atoms with Crippen LogP contribution in [0, 0.1) is 23.7 Å². The monoisotopic (exact) mass is 757 g/mol. The first-order chi connectivity index (χ1) is 27.9. The van der Waals surface area contributed by atoms with Gasteiger partial charge in [0.25, 0.3) is 0 Å². The average molecular weight is 758 g/mol. The van der Waals surface area contributed by atoms with Gasteiger partial charge in [0, 0.05) is 44.6 Å². The molecule has 1 heterocycles. The number of rotatable bonds is 4. The minimum Gasteiger partial charge on any atom is -0.456 e. The van der Waals surface area contributed by atoms with E-state index in [1.165, 1.54) is 111 Å². The Morgan fingerprint density at radius 1 is 0.500 bits per heavy atom. The Balaban J connectivity index is 1.15. The van der Waals surface area contributed by atoms with Crippen molar-refractivity contribution in [1.82, 2.24) is 0 Å². The molecule has 4 saturated carbocycles. The SMILES string of the molecule is CC1(C)CCC(C)(C)c2cc(N(c3ccc4c(c3)C(C)(C)c3ccccc3-4)c3cc(-c4ccccc4)c4c(c3)C3(c5ccccc5O4)C4CC5CC(C4)C3C5)ccc21. The Morgan fingerprint density at radius 3 is 1.95 bits per heavy atom. The van der Waals surface area contributed by atoms with Crippen LogP contribution >= 0.6 is 0 Å². The van der Waals surface area contributed by atoms with Gasteiger partial charge < -0.3 is 9.64 Å². The molecule has 0 aromatic heterocycles. The molecule has 1 aliphatic heterocycles. The van der Waals surface area contributed by atoms with Gasteiger partial charge in [-0.3, -0.25) is 0 Å². The third-order valence-corrected chi connectivity index (χ3v) is 16.6.